The van der Waals surface area contributed by atoms with Crippen molar-refractivity contribution >= 4 is 15.7 Å². The molecule has 0 amide bonds. The molecule has 1 heterocycles. The molecule has 3 rings (SSSR count). The molecule has 2 aromatic rings. The summed E-state index contributed by atoms with van der Waals surface area (Å²) < 4.78 is 32.6. The van der Waals surface area contributed by atoms with Gasteiger partial charge in [0.1, 0.15) is 11.5 Å². The number of hydrogen-bond acceptors (Lipinski definition) is 5. The number of sulfonamides is 1. The van der Waals surface area contributed by atoms with Crippen LogP contribution in [0.3, 0.4) is 0 Å². The van der Waals surface area contributed by atoms with E-state index in [1.807, 2.05) is 0 Å². The average Bonchev–Trinajstić information content (AvgIpc) is 2.93. The summed E-state index contributed by atoms with van der Waals surface area (Å²) in [5, 5.41) is 10.7. The molecule has 1 fully saturated rings. The number of rotatable bonds is 5. The number of hydrogen-bond donors (Lipinski definition) is 0. The van der Waals surface area contributed by atoms with Gasteiger partial charge in [-0.15, -0.1) is 0 Å². The number of benzene rings is 2. The zero-order valence-electron chi connectivity index (χ0n) is 14.2. The van der Waals surface area contributed by atoms with E-state index in [1.165, 1.54) is 36.4 Å². The van der Waals surface area contributed by atoms with E-state index in [9.17, 15) is 18.5 Å². The fourth-order valence-electron chi connectivity index (χ4n) is 2.88. The van der Waals surface area contributed by atoms with Gasteiger partial charge in [0.05, 0.1) is 9.82 Å². The number of ether oxygens (including phenoxy) is 1. The first kappa shape index (κ1) is 18.3. The van der Waals surface area contributed by atoms with Crippen LogP contribution in [0.25, 0.3) is 0 Å². The lowest BCUT2D eigenvalue weighted by Crippen LogP contribution is -2.31. The topological polar surface area (TPSA) is 89.7 Å². The molecule has 26 heavy (non-hydrogen) atoms. The summed E-state index contributed by atoms with van der Waals surface area (Å²) in [7, 11) is -3.49. The number of nitrogens with zero attached hydrogens (tertiary/aromatic N) is 2. The van der Waals surface area contributed by atoms with E-state index in [-0.39, 0.29) is 10.6 Å². The van der Waals surface area contributed by atoms with Crippen LogP contribution in [-0.4, -0.2) is 30.7 Å². The Morgan fingerprint density at radius 3 is 1.85 bits per heavy atom. The Bertz CT molecular complexity index is 855. The second kappa shape index (κ2) is 7.84. The molecule has 1 aliphatic rings. The Morgan fingerprint density at radius 1 is 0.846 bits per heavy atom. The summed E-state index contributed by atoms with van der Waals surface area (Å²) in [6.45, 7) is 1.12. The average molecular weight is 376 g/mol. The Labute approximate surface area is 152 Å². The molecule has 0 radical (unpaired) electrons. The van der Waals surface area contributed by atoms with E-state index in [0.29, 0.717) is 24.6 Å². The molecule has 138 valence electrons. The predicted octanol–water partition coefficient (Wildman–Crippen LogP) is 3.95. The van der Waals surface area contributed by atoms with Crippen molar-refractivity contribution in [2.24, 2.45) is 0 Å². The molecule has 0 aromatic heterocycles. The SMILES string of the molecule is O=[N+]([O-])c1ccc(Oc2ccc(S(=O)(=O)N3CCCCCC3)cc2)cc1. The van der Waals surface area contributed by atoms with Gasteiger partial charge in [0.25, 0.3) is 5.69 Å². The minimum atomic E-state index is -3.49. The largest absolute Gasteiger partial charge is 0.457 e. The van der Waals surface area contributed by atoms with Crippen molar-refractivity contribution in [2.45, 2.75) is 30.6 Å². The van der Waals surface area contributed by atoms with Gasteiger partial charge in [-0.2, -0.15) is 4.31 Å². The standard InChI is InChI=1S/C18H20N2O5S/c21-20(22)15-5-7-16(8-6-15)25-17-9-11-18(12-10-17)26(23,24)19-13-3-1-2-4-14-19/h5-12H,1-4,13-14H2. The van der Waals surface area contributed by atoms with Crippen LogP contribution in [0.15, 0.2) is 53.4 Å². The summed E-state index contributed by atoms with van der Waals surface area (Å²) in [4.78, 5) is 10.4. The molecule has 1 saturated heterocycles. The highest BCUT2D eigenvalue weighted by molar-refractivity contribution is 7.89. The van der Waals surface area contributed by atoms with E-state index < -0.39 is 14.9 Å². The quantitative estimate of drug-likeness (QED) is 0.582. The van der Waals surface area contributed by atoms with Gasteiger partial charge in [0, 0.05) is 25.2 Å². The van der Waals surface area contributed by atoms with E-state index >= 15 is 0 Å². The van der Waals surface area contributed by atoms with E-state index in [4.69, 9.17) is 4.74 Å². The molecule has 0 aliphatic carbocycles. The van der Waals surface area contributed by atoms with Gasteiger partial charge in [0.15, 0.2) is 0 Å². The molecule has 0 atom stereocenters. The smallest absolute Gasteiger partial charge is 0.269 e. The van der Waals surface area contributed by atoms with Crippen molar-refractivity contribution in [2.75, 3.05) is 13.1 Å². The van der Waals surface area contributed by atoms with Gasteiger partial charge >= 0.3 is 0 Å². The van der Waals surface area contributed by atoms with Gasteiger partial charge in [-0.3, -0.25) is 10.1 Å². The maximum Gasteiger partial charge on any atom is 0.269 e. The van der Waals surface area contributed by atoms with Gasteiger partial charge in [0.2, 0.25) is 10.0 Å². The number of nitro groups is 1. The molecule has 0 bridgehead atoms. The first-order chi connectivity index (χ1) is 12.5. The first-order valence-electron chi connectivity index (χ1n) is 8.49. The second-order valence-corrected chi connectivity index (χ2v) is 8.08. The van der Waals surface area contributed by atoms with Crippen LogP contribution in [0.4, 0.5) is 5.69 Å². The predicted molar refractivity (Wildman–Crippen MR) is 96.8 cm³/mol. The Balaban J connectivity index is 1.72. The fraction of sp³-hybridized carbons (Fsp3) is 0.333. The van der Waals surface area contributed by atoms with E-state index in [0.717, 1.165) is 25.7 Å². The highest BCUT2D eigenvalue weighted by Crippen LogP contribution is 2.26. The maximum atomic E-state index is 12.7. The van der Waals surface area contributed by atoms with Crippen LogP contribution < -0.4 is 4.74 Å². The van der Waals surface area contributed by atoms with Gasteiger partial charge in [-0.05, 0) is 49.2 Å². The molecule has 1 aliphatic heterocycles. The Morgan fingerprint density at radius 2 is 1.35 bits per heavy atom. The molecule has 0 spiro atoms. The molecular formula is C18H20N2O5S. The zero-order chi connectivity index (χ0) is 18.6. The van der Waals surface area contributed by atoms with Crippen LogP contribution in [0.1, 0.15) is 25.7 Å². The molecule has 7 nitrogen and oxygen atoms in total. The third-order valence-electron chi connectivity index (χ3n) is 4.31. The lowest BCUT2D eigenvalue weighted by molar-refractivity contribution is -0.384. The lowest BCUT2D eigenvalue weighted by atomic mass is 10.2. The molecule has 0 saturated carbocycles. The third kappa shape index (κ3) is 4.20. The molecule has 2 aromatic carbocycles. The van der Waals surface area contributed by atoms with E-state index in [1.54, 1.807) is 16.4 Å². The van der Waals surface area contributed by atoms with Crippen molar-refractivity contribution in [3.05, 3.63) is 58.6 Å². The summed E-state index contributed by atoms with van der Waals surface area (Å²) in [5.74, 6) is 0.910. The number of non-ortho nitro benzene ring substituents is 1. The van der Waals surface area contributed by atoms with Crippen molar-refractivity contribution in [1.29, 1.82) is 0 Å². The lowest BCUT2D eigenvalue weighted by Gasteiger charge is -2.20. The minimum Gasteiger partial charge on any atom is -0.457 e. The summed E-state index contributed by atoms with van der Waals surface area (Å²) in [6, 6.07) is 11.9. The summed E-state index contributed by atoms with van der Waals surface area (Å²) in [5.41, 5.74) is -0.0174. The van der Waals surface area contributed by atoms with Crippen LogP contribution in [-0.2, 0) is 10.0 Å². The second-order valence-electron chi connectivity index (χ2n) is 6.14. The summed E-state index contributed by atoms with van der Waals surface area (Å²) >= 11 is 0. The van der Waals surface area contributed by atoms with Crippen molar-refractivity contribution in [1.82, 2.24) is 4.31 Å². The Kier molecular flexibility index (Phi) is 5.53. The molecule has 0 unspecified atom stereocenters. The van der Waals surface area contributed by atoms with Crippen LogP contribution in [0.2, 0.25) is 0 Å². The maximum absolute atomic E-state index is 12.7. The molecule has 8 heteroatoms. The van der Waals surface area contributed by atoms with Crippen LogP contribution >= 0.6 is 0 Å². The molecule has 0 N–H and O–H groups in total. The van der Waals surface area contributed by atoms with Gasteiger partial charge < -0.3 is 4.74 Å². The van der Waals surface area contributed by atoms with Crippen LogP contribution in [0, 0.1) is 10.1 Å². The normalized spacial score (nSPS) is 16.0. The fourth-order valence-corrected chi connectivity index (χ4v) is 4.40. The number of nitro benzene ring substituents is 1. The highest BCUT2D eigenvalue weighted by atomic mass is 32.2. The molecular weight excluding hydrogens is 356 g/mol. The highest BCUT2D eigenvalue weighted by Gasteiger charge is 2.25. The van der Waals surface area contributed by atoms with E-state index in [2.05, 4.69) is 0 Å². The first-order valence-corrected chi connectivity index (χ1v) is 9.93. The van der Waals surface area contributed by atoms with Gasteiger partial charge in [-0.1, -0.05) is 12.8 Å². The zero-order valence-corrected chi connectivity index (χ0v) is 15.0. The monoisotopic (exact) mass is 376 g/mol. The minimum absolute atomic E-state index is 0.0174. The van der Waals surface area contributed by atoms with Crippen molar-refractivity contribution < 1.29 is 18.1 Å². The van der Waals surface area contributed by atoms with Crippen LogP contribution in [0.5, 0.6) is 11.5 Å². The third-order valence-corrected chi connectivity index (χ3v) is 6.22. The van der Waals surface area contributed by atoms with Gasteiger partial charge in [-0.25, -0.2) is 8.42 Å². The summed E-state index contributed by atoms with van der Waals surface area (Å²) in [6.07, 6.45) is 3.91. The van der Waals surface area contributed by atoms with Crippen molar-refractivity contribution in [3.63, 3.8) is 0 Å². The van der Waals surface area contributed by atoms with Crippen molar-refractivity contribution in [3.8, 4) is 11.5 Å². The Hall–Kier alpha value is -2.45.